The summed E-state index contributed by atoms with van der Waals surface area (Å²) in [4.78, 5) is 0. The van der Waals surface area contributed by atoms with Crippen LogP contribution in [0.2, 0.25) is 0 Å². The van der Waals surface area contributed by atoms with E-state index < -0.39 is 0 Å². The van der Waals surface area contributed by atoms with E-state index in [1.165, 1.54) is 0 Å². The average Bonchev–Trinajstić information content (AvgIpc) is 2.29. The van der Waals surface area contributed by atoms with Crippen molar-refractivity contribution in [1.82, 2.24) is 0 Å². The predicted octanol–water partition coefficient (Wildman–Crippen LogP) is 0.156. The third kappa shape index (κ3) is 3.39. The van der Waals surface area contributed by atoms with Crippen LogP contribution in [-0.4, -0.2) is 5.05 Å². The number of hydrogen-bond acceptors (Lipinski definition) is 2. The Morgan fingerprint density at radius 2 is 1.47 bits per heavy atom. The van der Waals surface area contributed by atoms with Crippen molar-refractivity contribution in [3.05, 3.63) is 58.6 Å². The zero-order valence-corrected chi connectivity index (χ0v) is 13.7. The Morgan fingerprint density at radius 1 is 0.941 bits per heavy atom. The third-order valence-electron chi connectivity index (χ3n) is 2.31. The van der Waals surface area contributed by atoms with Gasteiger partial charge in [0.2, 0.25) is 0 Å². The van der Waals surface area contributed by atoms with Crippen molar-refractivity contribution in [3.63, 3.8) is 0 Å². The van der Waals surface area contributed by atoms with Gasteiger partial charge in [-0.05, 0) is 27.8 Å². The smallest absolute Gasteiger partial charge is 0.864 e. The van der Waals surface area contributed by atoms with Gasteiger partial charge in [-0.25, -0.2) is 0 Å². The number of thiocarbonyl (C=S) groups is 1. The molecule has 2 rings (SSSR count). The molecule has 0 aliphatic carbocycles. The van der Waals surface area contributed by atoms with Crippen molar-refractivity contribution < 1.29 is 34.7 Å². The molecule has 80 valence electrons. The van der Waals surface area contributed by atoms with Gasteiger partial charge in [-0.3, -0.25) is 0 Å². The molecule has 4 heteroatoms. The van der Waals surface area contributed by atoms with Crippen LogP contribution in [0.15, 0.2) is 53.0 Å². The second-order valence-electron chi connectivity index (χ2n) is 3.31. The molecule has 0 aliphatic rings. The first-order valence-corrected chi connectivity index (χ1v) is 5.95. The average molecular weight is 315 g/mol. The summed E-state index contributed by atoms with van der Waals surface area (Å²) < 4.78 is 0.957. The maximum absolute atomic E-state index is 11.4. The van der Waals surface area contributed by atoms with Gasteiger partial charge < -0.3 is 5.11 Å². The van der Waals surface area contributed by atoms with Gasteiger partial charge in [-0.15, -0.1) is 0 Å². The van der Waals surface area contributed by atoms with Gasteiger partial charge in [0.15, 0.2) is 0 Å². The van der Waals surface area contributed by atoms with Crippen LogP contribution in [0, 0.1) is 0 Å². The standard InChI is InChI=1S/C13H9BrOS.Na/c14-12-8-4-3-6-10(12)9-5-1-2-7-11(9)13(15)16;/h1-8H,(H,15,16);/q;+1/p-1. The molecule has 0 heterocycles. The van der Waals surface area contributed by atoms with Crippen molar-refractivity contribution in [3.8, 4) is 11.1 Å². The first kappa shape index (κ1) is 14.9. The molecule has 0 fully saturated rings. The molecule has 0 saturated carbocycles. The molecule has 1 nitrogen and oxygen atoms in total. The van der Waals surface area contributed by atoms with E-state index in [0.717, 1.165) is 15.6 Å². The number of hydrogen-bond donors (Lipinski definition) is 0. The minimum atomic E-state index is -0.327. The first-order chi connectivity index (χ1) is 7.70. The summed E-state index contributed by atoms with van der Waals surface area (Å²) in [7, 11) is 0. The van der Waals surface area contributed by atoms with Gasteiger partial charge in [-0.2, -0.15) is 0 Å². The van der Waals surface area contributed by atoms with Crippen LogP contribution in [0.4, 0.5) is 0 Å². The van der Waals surface area contributed by atoms with Gasteiger partial charge in [-0.1, -0.05) is 70.6 Å². The van der Waals surface area contributed by atoms with E-state index in [2.05, 4.69) is 15.9 Å². The summed E-state index contributed by atoms with van der Waals surface area (Å²) in [6, 6.07) is 15.2. The van der Waals surface area contributed by atoms with Gasteiger partial charge in [0, 0.05) is 4.47 Å². The second-order valence-corrected chi connectivity index (χ2v) is 4.54. The van der Waals surface area contributed by atoms with Gasteiger partial charge in [0.1, 0.15) is 0 Å². The molecule has 2 aromatic rings. The number of benzene rings is 2. The normalized spacial score (nSPS) is 9.47. The van der Waals surface area contributed by atoms with Crippen molar-refractivity contribution in [1.29, 1.82) is 0 Å². The maximum atomic E-state index is 11.4. The second kappa shape index (κ2) is 6.66. The van der Waals surface area contributed by atoms with Crippen LogP contribution in [0.5, 0.6) is 0 Å². The van der Waals surface area contributed by atoms with Crippen LogP contribution in [0.3, 0.4) is 0 Å². The van der Waals surface area contributed by atoms with Gasteiger partial charge in [0.05, 0.1) is 0 Å². The summed E-state index contributed by atoms with van der Waals surface area (Å²) >= 11 is 8.19. The van der Waals surface area contributed by atoms with E-state index >= 15 is 0 Å². The summed E-state index contributed by atoms with van der Waals surface area (Å²) in [6.07, 6.45) is 0. The summed E-state index contributed by atoms with van der Waals surface area (Å²) in [5, 5.41) is 11.0. The molecular formula is C13H8BrNaOS. The Hall–Kier alpha value is -0.190. The largest absolute Gasteiger partial charge is 1.00 e. The van der Waals surface area contributed by atoms with E-state index in [9.17, 15) is 5.11 Å². The zero-order chi connectivity index (χ0) is 11.5. The molecule has 2 aromatic carbocycles. The fraction of sp³-hybridized carbons (Fsp3) is 0. The summed E-state index contributed by atoms with van der Waals surface area (Å²) in [5.41, 5.74) is 2.43. The van der Waals surface area contributed by atoms with Crippen molar-refractivity contribution in [2.45, 2.75) is 0 Å². The fourth-order valence-corrected chi connectivity index (χ4v) is 2.25. The molecule has 0 bridgehead atoms. The minimum absolute atomic E-state index is 0. The molecule has 0 aromatic heterocycles. The van der Waals surface area contributed by atoms with Crippen LogP contribution in [-0.2, 0) is 0 Å². The van der Waals surface area contributed by atoms with E-state index in [-0.39, 0.29) is 34.6 Å². The number of rotatable bonds is 2. The summed E-state index contributed by atoms with van der Waals surface area (Å²) in [6.45, 7) is 0. The maximum Gasteiger partial charge on any atom is 1.00 e. The Kier molecular flexibility index (Phi) is 5.83. The molecule has 0 aliphatic heterocycles. The molecule has 0 radical (unpaired) electrons. The monoisotopic (exact) mass is 314 g/mol. The SMILES string of the molecule is [Na+].[O-]C(=S)c1ccccc1-c1ccccc1Br. The van der Waals surface area contributed by atoms with Crippen molar-refractivity contribution in [2.24, 2.45) is 0 Å². The Balaban J connectivity index is 0.00000144. The Bertz CT molecular complexity index is 542. The molecule has 0 atom stereocenters. The van der Waals surface area contributed by atoms with Crippen LogP contribution >= 0.6 is 28.1 Å². The molecule has 0 amide bonds. The van der Waals surface area contributed by atoms with Crippen LogP contribution < -0.4 is 34.7 Å². The predicted molar refractivity (Wildman–Crippen MR) is 71.3 cm³/mol. The zero-order valence-electron chi connectivity index (χ0n) is 9.31. The van der Waals surface area contributed by atoms with Gasteiger partial charge in [0.25, 0.3) is 0 Å². The Labute approximate surface area is 136 Å². The molecule has 0 unspecified atom stereocenters. The van der Waals surface area contributed by atoms with Crippen molar-refractivity contribution in [2.75, 3.05) is 0 Å². The minimum Gasteiger partial charge on any atom is -0.864 e. The molecule has 0 saturated heterocycles. The Morgan fingerprint density at radius 3 is 2.06 bits per heavy atom. The van der Waals surface area contributed by atoms with Crippen LogP contribution in [0.1, 0.15) is 5.56 Å². The van der Waals surface area contributed by atoms with Gasteiger partial charge >= 0.3 is 29.6 Å². The van der Waals surface area contributed by atoms with E-state index in [1.54, 1.807) is 6.07 Å². The van der Waals surface area contributed by atoms with Crippen molar-refractivity contribution >= 4 is 33.2 Å². The molecule has 0 N–H and O–H groups in total. The summed E-state index contributed by atoms with van der Waals surface area (Å²) in [5.74, 6) is 0. The quantitative estimate of drug-likeness (QED) is 0.582. The van der Waals surface area contributed by atoms with E-state index in [4.69, 9.17) is 12.2 Å². The molecule has 17 heavy (non-hydrogen) atoms. The topological polar surface area (TPSA) is 23.1 Å². The van der Waals surface area contributed by atoms with Crippen LogP contribution in [0.25, 0.3) is 11.1 Å². The van der Waals surface area contributed by atoms with E-state index in [1.807, 2.05) is 42.5 Å². The third-order valence-corrected chi connectivity index (χ3v) is 3.22. The fourth-order valence-electron chi connectivity index (χ4n) is 1.58. The molecular weight excluding hydrogens is 307 g/mol. The van der Waals surface area contributed by atoms with E-state index in [0.29, 0.717) is 5.56 Å². The molecule has 0 spiro atoms. The first-order valence-electron chi connectivity index (χ1n) is 4.75. The number of halogens is 1.